The zero-order valence-electron chi connectivity index (χ0n) is 14.2. The lowest BCUT2D eigenvalue weighted by Gasteiger charge is -2.21. The van der Waals surface area contributed by atoms with Gasteiger partial charge in [-0.3, -0.25) is 9.89 Å². The molecule has 0 aliphatic rings. The Kier molecular flexibility index (Phi) is 5.79. The Morgan fingerprint density at radius 2 is 2.04 bits per heavy atom. The summed E-state index contributed by atoms with van der Waals surface area (Å²) < 4.78 is 13.4. The average molecular weight is 408 g/mol. The number of carbonyl (C=O) groups excluding carboxylic acids is 1. The number of rotatable bonds is 5. The summed E-state index contributed by atoms with van der Waals surface area (Å²) in [4.78, 5) is 12.6. The fourth-order valence-electron chi connectivity index (χ4n) is 2.67. The standard InChI is InChI=1S/C19H16Cl2FN3O2/c1-10(18(26)12-3-2-4-13(20)7-12)24-19(27)14-9-23-25-17(14)11-5-6-16(22)15(21)8-11/h2-10,18,26H,1H3,(H,23,25)(H,24,27). The molecule has 2 atom stereocenters. The zero-order chi connectivity index (χ0) is 19.6. The molecule has 0 saturated heterocycles. The maximum Gasteiger partial charge on any atom is 0.255 e. The highest BCUT2D eigenvalue weighted by Crippen LogP contribution is 2.26. The van der Waals surface area contributed by atoms with Crippen LogP contribution in [0.25, 0.3) is 11.3 Å². The van der Waals surface area contributed by atoms with Crippen molar-refractivity contribution in [2.45, 2.75) is 19.1 Å². The van der Waals surface area contributed by atoms with E-state index in [2.05, 4.69) is 15.5 Å². The van der Waals surface area contributed by atoms with E-state index in [1.54, 1.807) is 31.2 Å². The minimum Gasteiger partial charge on any atom is -0.386 e. The molecule has 0 saturated carbocycles. The lowest BCUT2D eigenvalue weighted by atomic mass is 10.0. The molecule has 0 aliphatic heterocycles. The van der Waals surface area contributed by atoms with Gasteiger partial charge in [0, 0.05) is 10.6 Å². The van der Waals surface area contributed by atoms with Crippen molar-refractivity contribution in [2.24, 2.45) is 0 Å². The number of amides is 1. The number of nitrogens with zero attached hydrogens (tertiary/aromatic N) is 1. The van der Waals surface area contributed by atoms with E-state index in [0.717, 1.165) is 0 Å². The first-order chi connectivity index (χ1) is 12.9. The van der Waals surface area contributed by atoms with Gasteiger partial charge in [0.1, 0.15) is 5.82 Å². The number of aromatic nitrogens is 2. The average Bonchev–Trinajstić information content (AvgIpc) is 3.13. The van der Waals surface area contributed by atoms with Gasteiger partial charge in [-0.05, 0) is 42.8 Å². The number of H-pyrrole nitrogens is 1. The third-order valence-corrected chi connectivity index (χ3v) is 4.64. The van der Waals surface area contributed by atoms with Crippen molar-refractivity contribution >= 4 is 29.1 Å². The Bertz CT molecular complexity index is 977. The van der Waals surface area contributed by atoms with Crippen molar-refractivity contribution in [1.82, 2.24) is 15.5 Å². The van der Waals surface area contributed by atoms with Crippen LogP contribution in [0, 0.1) is 5.82 Å². The molecule has 3 N–H and O–H groups in total. The molecule has 0 spiro atoms. The van der Waals surface area contributed by atoms with Gasteiger partial charge in [0.25, 0.3) is 5.91 Å². The van der Waals surface area contributed by atoms with E-state index in [1.807, 2.05) is 0 Å². The molecule has 0 fully saturated rings. The Morgan fingerprint density at radius 3 is 2.74 bits per heavy atom. The SMILES string of the molecule is CC(NC(=O)c1cn[nH]c1-c1ccc(F)c(Cl)c1)C(O)c1cccc(Cl)c1. The van der Waals surface area contributed by atoms with E-state index in [-0.39, 0.29) is 10.6 Å². The van der Waals surface area contributed by atoms with E-state index < -0.39 is 23.9 Å². The molecule has 140 valence electrons. The molecule has 1 heterocycles. The Morgan fingerprint density at radius 1 is 1.26 bits per heavy atom. The lowest BCUT2D eigenvalue weighted by Crippen LogP contribution is -2.37. The molecule has 0 radical (unpaired) electrons. The Hall–Kier alpha value is -2.41. The number of benzene rings is 2. The molecule has 0 aliphatic carbocycles. The first-order valence-electron chi connectivity index (χ1n) is 8.10. The number of nitrogens with one attached hydrogen (secondary N) is 2. The van der Waals surface area contributed by atoms with E-state index in [1.165, 1.54) is 24.4 Å². The van der Waals surface area contributed by atoms with Crippen LogP contribution in [-0.2, 0) is 0 Å². The molecule has 8 heteroatoms. The smallest absolute Gasteiger partial charge is 0.255 e. The van der Waals surface area contributed by atoms with Gasteiger partial charge in [-0.2, -0.15) is 5.10 Å². The Balaban J connectivity index is 1.79. The van der Waals surface area contributed by atoms with Gasteiger partial charge in [0.05, 0.1) is 34.6 Å². The topological polar surface area (TPSA) is 78.0 Å². The molecule has 0 bridgehead atoms. The molecule has 5 nitrogen and oxygen atoms in total. The number of halogens is 3. The summed E-state index contributed by atoms with van der Waals surface area (Å²) in [5.41, 5.74) is 1.77. The van der Waals surface area contributed by atoms with Crippen LogP contribution in [-0.4, -0.2) is 27.3 Å². The largest absolute Gasteiger partial charge is 0.386 e. The van der Waals surface area contributed by atoms with Crippen LogP contribution in [0.15, 0.2) is 48.7 Å². The van der Waals surface area contributed by atoms with Crippen LogP contribution in [0.4, 0.5) is 4.39 Å². The summed E-state index contributed by atoms with van der Waals surface area (Å²) in [6.45, 7) is 1.68. The van der Waals surface area contributed by atoms with Gasteiger partial charge in [0.15, 0.2) is 0 Å². The van der Waals surface area contributed by atoms with Crippen molar-refractivity contribution in [1.29, 1.82) is 0 Å². The molecule has 1 aromatic heterocycles. The molecule has 27 heavy (non-hydrogen) atoms. The first kappa shape index (κ1) is 19.4. The van der Waals surface area contributed by atoms with Gasteiger partial charge in [-0.15, -0.1) is 0 Å². The minimum atomic E-state index is -0.941. The zero-order valence-corrected chi connectivity index (χ0v) is 15.7. The van der Waals surface area contributed by atoms with Gasteiger partial charge in [-0.1, -0.05) is 35.3 Å². The first-order valence-corrected chi connectivity index (χ1v) is 8.85. The van der Waals surface area contributed by atoms with Crippen LogP contribution in [0.3, 0.4) is 0 Å². The van der Waals surface area contributed by atoms with Crippen molar-refractivity contribution in [3.8, 4) is 11.3 Å². The van der Waals surface area contributed by atoms with Crippen LogP contribution in [0.5, 0.6) is 0 Å². The maximum atomic E-state index is 13.4. The molecule has 3 rings (SSSR count). The molecular weight excluding hydrogens is 392 g/mol. The second kappa shape index (κ2) is 8.08. The summed E-state index contributed by atoms with van der Waals surface area (Å²) in [5.74, 6) is -0.989. The quantitative estimate of drug-likeness (QED) is 0.587. The fraction of sp³-hybridized carbons (Fsp3) is 0.158. The van der Waals surface area contributed by atoms with Gasteiger partial charge < -0.3 is 10.4 Å². The second-order valence-corrected chi connectivity index (χ2v) is 6.89. The number of hydrogen-bond acceptors (Lipinski definition) is 3. The molecule has 2 unspecified atom stereocenters. The molecular formula is C19H16Cl2FN3O2. The lowest BCUT2D eigenvalue weighted by molar-refractivity contribution is 0.0853. The van der Waals surface area contributed by atoms with Crippen molar-refractivity contribution in [3.63, 3.8) is 0 Å². The predicted octanol–water partition coefficient (Wildman–Crippen LogP) is 4.37. The summed E-state index contributed by atoms with van der Waals surface area (Å²) in [6.07, 6.45) is 0.420. The summed E-state index contributed by atoms with van der Waals surface area (Å²) in [6, 6.07) is 10.3. The van der Waals surface area contributed by atoms with Crippen LogP contribution in [0.1, 0.15) is 28.9 Å². The van der Waals surface area contributed by atoms with E-state index in [4.69, 9.17) is 23.2 Å². The number of carbonyl (C=O) groups is 1. The van der Waals surface area contributed by atoms with Crippen LogP contribution in [0.2, 0.25) is 10.0 Å². The highest BCUT2D eigenvalue weighted by atomic mass is 35.5. The third-order valence-electron chi connectivity index (χ3n) is 4.11. The summed E-state index contributed by atoms with van der Waals surface area (Å²) in [5, 5.41) is 20.2. The monoisotopic (exact) mass is 407 g/mol. The Labute approximate surface area is 165 Å². The van der Waals surface area contributed by atoms with Crippen molar-refractivity contribution < 1.29 is 14.3 Å². The fourth-order valence-corrected chi connectivity index (χ4v) is 3.05. The summed E-state index contributed by atoms with van der Waals surface area (Å²) in [7, 11) is 0. The second-order valence-electron chi connectivity index (χ2n) is 6.05. The van der Waals surface area contributed by atoms with E-state index in [0.29, 0.717) is 21.8 Å². The number of hydrogen-bond donors (Lipinski definition) is 3. The maximum absolute atomic E-state index is 13.4. The number of aromatic amines is 1. The summed E-state index contributed by atoms with van der Waals surface area (Å²) >= 11 is 11.8. The van der Waals surface area contributed by atoms with E-state index in [9.17, 15) is 14.3 Å². The van der Waals surface area contributed by atoms with Crippen molar-refractivity contribution in [3.05, 3.63) is 75.7 Å². The van der Waals surface area contributed by atoms with Crippen LogP contribution >= 0.6 is 23.2 Å². The van der Waals surface area contributed by atoms with Gasteiger partial charge in [0.2, 0.25) is 0 Å². The van der Waals surface area contributed by atoms with Gasteiger partial charge in [-0.25, -0.2) is 4.39 Å². The predicted molar refractivity (Wildman–Crippen MR) is 102 cm³/mol. The normalized spacial score (nSPS) is 13.2. The highest BCUT2D eigenvalue weighted by Gasteiger charge is 2.22. The molecule has 3 aromatic rings. The molecule has 1 amide bonds. The van der Waals surface area contributed by atoms with Crippen LogP contribution < -0.4 is 5.32 Å². The highest BCUT2D eigenvalue weighted by molar-refractivity contribution is 6.31. The van der Waals surface area contributed by atoms with Gasteiger partial charge >= 0.3 is 0 Å². The van der Waals surface area contributed by atoms with E-state index >= 15 is 0 Å². The number of aliphatic hydroxyl groups excluding tert-OH is 1. The van der Waals surface area contributed by atoms with Crippen molar-refractivity contribution in [2.75, 3.05) is 0 Å². The number of aliphatic hydroxyl groups is 1. The third kappa shape index (κ3) is 4.30. The molecule has 2 aromatic carbocycles. The minimum absolute atomic E-state index is 0.0572.